The Morgan fingerprint density at radius 1 is 1.04 bits per heavy atom. The largest absolute Gasteiger partial charge is 0.493 e. The highest BCUT2D eigenvalue weighted by Crippen LogP contribution is 2.32. The molecule has 23 heavy (non-hydrogen) atoms. The molecular weight excluding hydrogens is 294 g/mol. The zero-order chi connectivity index (χ0) is 16.2. The number of nitrogens with zero attached hydrogens (tertiary/aromatic N) is 3. The standard InChI is InChI=1S/C17H21N3O3/c1-22-15-6-5-12(9-16(15)23-2)14-10-13(11-21)18-17(19-14)20-7-3-4-8-20/h5-6,9-10,21H,3-4,7-8,11H2,1-2H3. The fraction of sp³-hybridized carbons (Fsp3) is 0.412. The van der Waals surface area contributed by atoms with Gasteiger partial charge in [-0.15, -0.1) is 0 Å². The highest BCUT2D eigenvalue weighted by molar-refractivity contribution is 5.65. The summed E-state index contributed by atoms with van der Waals surface area (Å²) in [6.45, 7) is 1.81. The smallest absolute Gasteiger partial charge is 0.226 e. The lowest BCUT2D eigenvalue weighted by Crippen LogP contribution is -2.21. The molecule has 1 fully saturated rings. The van der Waals surface area contributed by atoms with Gasteiger partial charge in [-0.3, -0.25) is 0 Å². The van der Waals surface area contributed by atoms with E-state index in [1.54, 1.807) is 20.3 Å². The molecule has 0 amide bonds. The van der Waals surface area contributed by atoms with Gasteiger partial charge in [0, 0.05) is 18.7 Å². The third-order valence-electron chi connectivity index (χ3n) is 4.00. The summed E-state index contributed by atoms with van der Waals surface area (Å²) in [5.41, 5.74) is 2.29. The Morgan fingerprint density at radius 2 is 1.78 bits per heavy atom. The normalized spacial score (nSPS) is 14.1. The SMILES string of the molecule is COc1ccc(-c2cc(CO)nc(N3CCCC3)n2)cc1OC. The van der Waals surface area contributed by atoms with Crippen LogP contribution in [0.25, 0.3) is 11.3 Å². The Bertz CT molecular complexity index is 685. The molecule has 0 unspecified atom stereocenters. The molecule has 0 radical (unpaired) electrons. The van der Waals surface area contributed by atoms with Gasteiger partial charge in [-0.25, -0.2) is 9.97 Å². The number of hydrogen-bond acceptors (Lipinski definition) is 6. The molecule has 6 heteroatoms. The number of aliphatic hydroxyl groups excluding tert-OH is 1. The first-order valence-electron chi connectivity index (χ1n) is 7.71. The first-order chi connectivity index (χ1) is 11.2. The lowest BCUT2D eigenvalue weighted by Gasteiger charge is -2.17. The predicted octanol–water partition coefficient (Wildman–Crippen LogP) is 2.25. The summed E-state index contributed by atoms with van der Waals surface area (Å²) >= 11 is 0. The van der Waals surface area contributed by atoms with Gasteiger partial charge in [-0.2, -0.15) is 0 Å². The molecule has 1 aliphatic rings. The van der Waals surface area contributed by atoms with Crippen molar-refractivity contribution in [3.8, 4) is 22.8 Å². The molecule has 1 aromatic carbocycles. The number of anilines is 1. The van der Waals surface area contributed by atoms with E-state index in [0.717, 1.165) is 37.2 Å². The van der Waals surface area contributed by atoms with E-state index in [9.17, 15) is 5.11 Å². The molecule has 0 bridgehead atoms. The van der Waals surface area contributed by atoms with Gasteiger partial charge < -0.3 is 19.5 Å². The van der Waals surface area contributed by atoms with Crippen molar-refractivity contribution >= 4 is 5.95 Å². The minimum atomic E-state index is -0.107. The van der Waals surface area contributed by atoms with Crippen LogP contribution in [0.15, 0.2) is 24.3 Å². The van der Waals surface area contributed by atoms with Crippen LogP contribution in [0.1, 0.15) is 18.5 Å². The molecule has 1 aliphatic heterocycles. The summed E-state index contributed by atoms with van der Waals surface area (Å²) in [7, 11) is 3.22. The molecule has 3 rings (SSSR count). The lowest BCUT2D eigenvalue weighted by atomic mass is 10.1. The molecule has 122 valence electrons. The first-order valence-corrected chi connectivity index (χ1v) is 7.71. The van der Waals surface area contributed by atoms with Crippen molar-refractivity contribution in [2.75, 3.05) is 32.2 Å². The van der Waals surface area contributed by atoms with Crippen LogP contribution in [-0.2, 0) is 6.61 Å². The summed E-state index contributed by atoms with van der Waals surface area (Å²) in [5.74, 6) is 2.00. The van der Waals surface area contributed by atoms with Crippen molar-refractivity contribution in [2.24, 2.45) is 0 Å². The Labute approximate surface area is 135 Å². The fourth-order valence-corrected chi connectivity index (χ4v) is 2.77. The van der Waals surface area contributed by atoms with E-state index in [1.165, 1.54) is 0 Å². The van der Waals surface area contributed by atoms with Crippen molar-refractivity contribution in [1.82, 2.24) is 9.97 Å². The van der Waals surface area contributed by atoms with Crippen LogP contribution in [0.4, 0.5) is 5.95 Å². The van der Waals surface area contributed by atoms with Gasteiger partial charge in [-0.05, 0) is 37.1 Å². The topological polar surface area (TPSA) is 67.7 Å². The van der Waals surface area contributed by atoms with E-state index >= 15 is 0 Å². The van der Waals surface area contributed by atoms with Gasteiger partial charge >= 0.3 is 0 Å². The second kappa shape index (κ2) is 6.83. The molecule has 1 saturated heterocycles. The van der Waals surface area contributed by atoms with Crippen LogP contribution >= 0.6 is 0 Å². The first kappa shape index (κ1) is 15.6. The number of hydrogen-bond donors (Lipinski definition) is 1. The summed E-state index contributed by atoms with van der Waals surface area (Å²) < 4.78 is 10.6. The van der Waals surface area contributed by atoms with E-state index in [0.29, 0.717) is 23.1 Å². The summed E-state index contributed by atoms with van der Waals surface area (Å²) in [4.78, 5) is 11.3. The van der Waals surface area contributed by atoms with Gasteiger partial charge in [-0.1, -0.05) is 0 Å². The van der Waals surface area contributed by atoms with Gasteiger partial charge in [0.1, 0.15) is 0 Å². The second-order valence-corrected chi connectivity index (χ2v) is 5.47. The van der Waals surface area contributed by atoms with E-state index < -0.39 is 0 Å². The Morgan fingerprint density at radius 3 is 2.43 bits per heavy atom. The van der Waals surface area contributed by atoms with Crippen LogP contribution in [0.3, 0.4) is 0 Å². The average molecular weight is 315 g/mol. The average Bonchev–Trinajstić information content (AvgIpc) is 3.15. The quantitative estimate of drug-likeness (QED) is 0.913. The van der Waals surface area contributed by atoms with Gasteiger partial charge in [0.25, 0.3) is 0 Å². The highest BCUT2D eigenvalue weighted by Gasteiger charge is 2.17. The third-order valence-corrected chi connectivity index (χ3v) is 4.00. The van der Waals surface area contributed by atoms with E-state index in [-0.39, 0.29) is 6.61 Å². The molecule has 0 saturated carbocycles. The fourth-order valence-electron chi connectivity index (χ4n) is 2.77. The van der Waals surface area contributed by atoms with Crippen molar-refractivity contribution < 1.29 is 14.6 Å². The maximum Gasteiger partial charge on any atom is 0.226 e. The number of benzene rings is 1. The monoisotopic (exact) mass is 315 g/mol. The number of aromatic nitrogens is 2. The van der Waals surface area contributed by atoms with Crippen molar-refractivity contribution in [3.05, 3.63) is 30.0 Å². The Kier molecular flexibility index (Phi) is 4.62. The number of methoxy groups -OCH3 is 2. The minimum Gasteiger partial charge on any atom is -0.493 e. The molecule has 0 aliphatic carbocycles. The summed E-state index contributed by atoms with van der Waals surface area (Å²) in [6.07, 6.45) is 2.30. The van der Waals surface area contributed by atoms with Crippen molar-refractivity contribution in [3.63, 3.8) is 0 Å². The minimum absolute atomic E-state index is 0.107. The van der Waals surface area contributed by atoms with E-state index in [4.69, 9.17) is 9.47 Å². The number of rotatable bonds is 5. The predicted molar refractivity (Wildman–Crippen MR) is 87.9 cm³/mol. The van der Waals surface area contributed by atoms with Gasteiger partial charge in [0.15, 0.2) is 11.5 Å². The zero-order valence-corrected chi connectivity index (χ0v) is 13.5. The summed E-state index contributed by atoms with van der Waals surface area (Å²) in [6, 6.07) is 7.47. The second-order valence-electron chi connectivity index (χ2n) is 5.47. The maximum atomic E-state index is 9.51. The molecule has 0 spiro atoms. The molecule has 2 aromatic rings. The Balaban J connectivity index is 2.02. The molecular formula is C17H21N3O3. The molecule has 2 heterocycles. The third kappa shape index (κ3) is 3.22. The maximum absolute atomic E-state index is 9.51. The molecule has 1 aromatic heterocycles. The molecule has 1 N–H and O–H groups in total. The van der Waals surface area contributed by atoms with E-state index in [1.807, 2.05) is 18.2 Å². The van der Waals surface area contributed by atoms with Crippen molar-refractivity contribution in [2.45, 2.75) is 19.4 Å². The van der Waals surface area contributed by atoms with Gasteiger partial charge in [0.2, 0.25) is 5.95 Å². The van der Waals surface area contributed by atoms with Gasteiger partial charge in [0.05, 0.1) is 32.2 Å². The lowest BCUT2D eigenvalue weighted by molar-refractivity contribution is 0.277. The molecule has 6 nitrogen and oxygen atoms in total. The van der Waals surface area contributed by atoms with E-state index in [2.05, 4.69) is 14.9 Å². The number of aliphatic hydroxyl groups is 1. The molecule has 0 atom stereocenters. The Hall–Kier alpha value is -2.34. The van der Waals surface area contributed by atoms with Crippen LogP contribution in [0, 0.1) is 0 Å². The highest BCUT2D eigenvalue weighted by atomic mass is 16.5. The van der Waals surface area contributed by atoms with Crippen LogP contribution in [0.5, 0.6) is 11.5 Å². The van der Waals surface area contributed by atoms with Crippen molar-refractivity contribution in [1.29, 1.82) is 0 Å². The van der Waals surface area contributed by atoms with Crippen LogP contribution in [0.2, 0.25) is 0 Å². The van der Waals surface area contributed by atoms with Crippen LogP contribution in [-0.4, -0.2) is 42.4 Å². The van der Waals surface area contributed by atoms with Crippen LogP contribution < -0.4 is 14.4 Å². The summed E-state index contributed by atoms with van der Waals surface area (Å²) in [5, 5.41) is 9.51. The zero-order valence-electron chi connectivity index (χ0n) is 13.5. The number of ether oxygens (including phenoxy) is 2.